The van der Waals surface area contributed by atoms with Crippen molar-refractivity contribution in [1.82, 2.24) is 34.4 Å². The highest BCUT2D eigenvalue weighted by molar-refractivity contribution is 5.88. The first kappa shape index (κ1) is 24.0. The number of carbonyl (C=O) groups is 1. The van der Waals surface area contributed by atoms with Crippen LogP contribution in [0.2, 0.25) is 0 Å². The molecule has 0 radical (unpaired) electrons. The molecular formula is C21H25F3N10O2. The zero-order valence-corrected chi connectivity index (χ0v) is 19.5. The highest BCUT2D eigenvalue weighted by Gasteiger charge is 2.35. The van der Waals surface area contributed by atoms with Crippen LogP contribution in [-0.4, -0.2) is 99.0 Å². The largest absolute Gasteiger partial charge is 0.406 e. The molecule has 5 heterocycles. The van der Waals surface area contributed by atoms with Crippen molar-refractivity contribution < 1.29 is 22.7 Å². The summed E-state index contributed by atoms with van der Waals surface area (Å²) in [7, 11) is 0. The van der Waals surface area contributed by atoms with Gasteiger partial charge in [-0.15, -0.1) is 0 Å². The molecular weight excluding hydrogens is 481 g/mol. The summed E-state index contributed by atoms with van der Waals surface area (Å²) in [5.74, 6) is 0.769. The van der Waals surface area contributed by atoms with Crippen molar-refractivity contribution >= 4 is 35.3 Å². The van der Waals surface area contributed by atoms with Crippen LogP contribution in [0.1, 0.15) is 6.92 Å². The zero-order valence-electron chi connectivity index (χ0n) is 19.5. The Bertz CT molecular complexity index is 1240. The third kappa shape index (κ3) is 4.69. The van der Waals surface area contributed by atoms with Gasteiger partial charge in [-0.25, -0.2) is 24.9 Å². The molecule has 0 aliphatic carbocycles. The van der Waals surface area contributed by atoms with Crippen molar-refractivity contribution in [2.75, 3.05) is 61.5 Å². The lowest BCUT2D eigenvalue weighted by Gasteiger charge is -2.38. The summed E-state index contributed by atoms with van der Waals surface area (Å²) >= 11 is 0. The number of hydrogen-bond acceptors (Lipinski definition) is 10. The average Bonchev–Trinajstić information content (AvgIpc) is 3.21. The van der Waals surface area contributed by atoms with E-state index in [2.05, 4.69) is 24.9 Å². The number of nitrogens with two attached hydrogens (primary N) is 1. The standard InChI is InChI=1S/C21H25F3N10O2/c1-13-10-32(2-3-33(13)12-35)20-28-15-17(31-4-6-36-7-5-31)29-16(14-8-26-19(25)27-9-14)30-18(15)34(20)11-21(22,23)24/h8-9,12-13H,2-7,10-11H2,1H3,(H2,25,26,27). The van der Waals surface area contributed by atoms with Crippen LogP contribution in [0.25, 0.3) is 22.6 Å². The highest BCUT2D eigenvalue weighted by Crippen LogP contribution is 2.34. The maximum Gasteiger partial charge on any atom is 0.406 e. The monoisotopic (exact) mass is 506 g/mol. The van der Waals surface area contributed by atoms with E-state index in [4.69, 9.17) is 10.5 Å². The molecule has 1 unspecified atom stereocenters. The molecule has 0 bridgehead atoms. The maximum atomic E-state index is 13.8. The smallest absolute Gasteiger partial charge is 0.378 e. The van der Waals surface area contributed by atoms with E-state index in [-0.39, 0.29) is 34.9 Å². The van der Waals surface area contributed by atoms with Crippen LogP contribution in [0.4, 0.5) is 30.9 Å². The van der Waals surface area contributed by atoms with Gasteiger partial charge < -0.3 is 25.2 Å². The lowest BCUT2D eigenvalue weighted by atomic mass is 10.2. The third-order valence-electron chi connectivity index (χ3n) is 6.23. The normalized spacial score (nSPS) is 19.2. The molecule has 0 aromatic carbocycles. The second-order valence-corrected chi connectivity index (χ2v) is 8.72. The number of imidazole rings is 1. The van der Waals surface area contributed by atoms with Gasteiger partial charge >= 0.3 is 6.18 Å². The summed E-state index contributed by atoms with van der Waals surface area (Å²) in [6.45, 7) is 3.51. The summed E-state index contributed by atoms with van der Waals surface area (Å²) in [5, 5.41) is 0. The van der Waals surface area contributed by atoms with Gasteiger partial charge in [0.2, 0.25) is 18.3 Å². The number of morpholine rings is 1. The lowest BCUT2D eigenvalue weighted by molar-refractivity contribution is -0.139. The Morgan fingerprint density at radius 1 is 1.08 bits per heavy atom. The van der Waals surface area contributed by atoms with Gasteiger partial charge in [0.15, 0.2) is 22.8 Å². The van der Waals surface area contributed by atoms with Crippen LogP contribution in [0, 0.1) is 0 Å². The van der Waals surface area contributed by atoms with E-state index in [0.29, 0.717) is 57.3 Å². The van der Waals surface area contributed by atoms with Crippen LogP contribution < -0.4 is 15.5 Å². The Hall–Kier alpha value is -3.75. The number of amides is 1. The minimum Gasteiger partial charge on any atom is -0.378 e. The SMILES string of the molecule is CC1CN(c2nc3c(N4CCOCC4)nc(-c4cnc(N)nc4)nc3n2CC(F)(F)F)CCN1C=O. The summed E-state index contributed by atoms with van der Waals surface area (Å²) in [5.41, 5.74) is 6.33. The van der Waals surface area contributed by atoms with Gasteiger partial charge in [-0.1, -0.05) is 0 Å². The fraction of sp³-hybridized carbons (Fsp3) is 0.524. The molecule has 36 heavy (non-hydrogen) atoms. The Morgan fingerprint density at radius 3 is 2.44 bits per heavy atom. The molecule has 2 fully saturated rings. The number of hydrogen-bond donors (Lipinski definition) is 1. The number of piperazine rings is 1. The van der Waals surface area contributed by atoms with Crippen LogP contribution in [0.5, 0.6) is 0 Å². The van der Waals surface area contributed by atoms with E-state index >= 15 is 0 Å². The minimum atomic E-state index is -4.52. The molecule has 2 saturated heterocycles. The summed E-state index contributed by atoms with van der Waals surface area (Å²) < 4.78 is 47.9. The number of aromatic nitrogens is 6. The predicted molar refractivity (Wildman–Crippen MR) is 124 cm³/mol. The van der Waals surface area contributed by atoms with Gasteiger partial charge in [0, 0.05) is 51.2 Å². The molecule has 1 atom stereocenters. The Kier molecular flexibility index (Phi) is 6.24. The van der Waals surface area contributed by atoms with E-state index < -0.39 is 12.7 Å². The van der Waals surface area contributed by atoms with Crippen molar-refractivity contribution in [2.24, 2.45) is 0 Å². The number of anilines is 3. The quantitative estimate of drug-likeness (QED) is 0.499. The van der Waals surface area contributed by atoms with Gasteiger partial charge in [-0.05, 0) is 6.92 Å². The molecule has 1 amide bonds. The minimum absolute atomic E-state index is 0.0520. The average molecular weight is 506 g/mol. The van der Waals surface area contributed by atoms with Gasteiger partial charge in [0.25, 0.3) is 0 Å². The van der Waals surface area contributed by atoms with E-state index in [1.54, 1.807) is 9.80 Å². The van der Waals surface area contributed by atoms with Crippen LogP contribution >= 0.6 is 0 Å². The molecule has 2 N–H and O–H groups in total. The number of alkyl halides is 3. The van der Waals surface area contributed by atoms with Gasteiger partial charge in [-0.3, -0.25) is 9.36 Å². The number of halogens is 3. The van der Waals surface area contributed by atoms with Crippen LogP contribution in [0.15, 0.2) is 12.4 Å². The molecule has 0 saturated carbocycles. The third-order valence-corrected chi connectivity index (χ3v) is 6.23. The maximum absolute atomic E-state index is 13.8. The lowest BCUT2D eigenvalue weighted by Crippen LogP contribution is -2.52. The van der Waals surface area contributed by atoms with E-state index in [1.165, 1.54) is 12.4 Å². The van der Waals surface area contributed by atoms with Gasteiger partial charge in [0.05, 0.1) is 18.8 Å². The molecule has 15 heteroatoms. The van der Waals surface area contributed by atoms with Crippen molar-refractivity contribution in [1.29, 1.82) is 0 Å². The number of nitrogens with zero attached hydrogens (tertiary/aromatic N) is 9. The number of rotatable bonds is 5. The first-order valence-corrected chi connectivity index (χ1v) is 11.4. The molecule has 2 aliphatic heterocycles. The zero-order chi connectivity index (χ0) is 25.4. The first-order chi connectivity index (χ1) is 17.2. The van der Waals surface area contributed by atoms with Crippen molar-refractivity contribution in [3.8, 4) is 11.4 Å². The number of fused-ring (bicyclic) bond motifs is 1. The van der Waals surface area contributed by atoms with E-state index in [9.17, 15) is 18.0 Å². The molecule has 12 nitrogen and oxygen atoms in total. The van der Waals surface area contributed by atoms with Crippen molar-refractivity contribution in [2.45, 2.75) is 25.7 Å². The number of nitrogen functional groups attached to an aromatic ring is 1. The highest BCUT2D eigenvalue weighted by atomic mass is 19.4. The fourth-order valence-corrected chi connectivity index (χ4v) is 4.43. The van der Waals surface area contributed by atoms with Crippen LogP contribution in [0.3, 0.4) is 0 Å². The second kappa shape index (κ2) is 9.37. The van der Waals surface area contributed by atoms with Crippen molar-refractivity contribution in [3.05, 3.63) is 12.4 Å². The van der Waals surface area contributed by atoms with E-state index in [0.717, 1.165) is 11.0 Å². The first-order valence-electron chi connectivity index (χ1n) is 11.4. The number of carbonyl (C=O) groups excluding carboxylic acids is 1. The Labute approximate surface area is 203 Å². The van der Waals surface area contributed by atoms with Crippen molar-refractivity contribution in [3.63, 3.8) is 0 Å². The van der Waals surface area contributed by atoms with E-state index in [1.807, 2.05) is 11.8 Å². The number of ether oxygens (including phenoxy) is 1. The van der Waals surface area contributed by atoms with Gasteiger partial charge in [-0.2, -0.15) is 13.2 Å². The fourth-order valence-electron chi connectivity index (χ4n) is 4.43. The van der Waals surface area contributed by atoms with Crippen LogP contribution in [-0.2, 0) is 16.1 Å². The molecule has 3 aromatic heterocycles. The second-order valence-electron chi connectivity index (χ2n) is 8.72. The molecule has 192 valence electrons. The molecule has 0 spiro atoms. The van der Waals surface area contributed by atoms with Gasteiger partial charge in [0.1, 0.15) is 6.54 Å². The topological polar surface area (TPSA) is 131 Å². The summed E-state index contributed by atoms with van der Waals surface area (Å²) in [6.07, 6.45) is -0.909. The molecule has 5 rings (SSSR count). The molecule has 3 aromatic rings. The summed E-state index contributed by atoms with van der Waals surface area (Å²) in [6, 6.07) is -0.192. The molecule has 2 aliphatic rings. The Balaban J connectivity index is 1.69. The Morgan fingerprint density at radius 2 is 1.81 bits per heavy atom. The predicted octanol–water partition coefficient (Wildman–Crippen LogP) is 0.931. The summed E-state index contributed by atoms with van der Waals surface area (Å²) in [4.78, 5) is 38.4.